The lowest BCUT2D eigenvalue weighted by Crippen LogP contribution is -1.99. The standard InChI is InChI=1S/C14H14ClNO/c1-10-6-7-11(9-16)14(8-10)17-13-5-3-2-4-12(13)15/h2-8H,9,16H2,1H3. The van der Waals surface area contributed by atoms with Gasteiger partial charge >= 0.3 is 0 Å². The SMILES string of the molecule is Cc1ccc(CN)c(Oc2ccccc2Cl)c1. The highest BCUT2D eigenvalue weighted by molar-refractivity contribution is 6.32. The van der Waals surface area contributed by atoms with E-state index >= 15 is 0 Å². The molecule has 0 aromatic heterocycles. The summed E-state index contributed by atoms with van der Waals surface area (Å²) in [6, 6.07) is 13.4. The minimum absolute atomic E-state index is 0.445. The molecule has 88 valence electrons. The number of hydrogen-bond acceptors (Lipinski definition) is 2. The van der Waals surface area contributed by atoms with E-state index in [9.17, 15) is 0 Å². The summed E-state index contributed by atoms with van der Waals surface area (Å²) in [7, 11) is 0. The zero-order valence-corrected chi connectivity index (χ0v) is 10.4. The number of para-hydroxylation sites is 1. The molecule has 0 fully saturated rings. The Morgan fingerprint density at radius 3 is 2.59 bits per heavy atom. The van der Waals surface area contributed by atoms with Crippen LogP contribution in [-0.4, -0.2) is 0 Å². The summed E-state index contributed by atoms with van der Waals surface area (Å²) in [5, 5.41) is 0.594. The maximum atomic E-state index is 6.05. The Labute approximate surface area is 106 Å². The zero-order chi connectivity index (χ0) is 12.3. The minimum Gasteiger partial charge on any atom is -0.455 e. The zero-order valence-electron chi connectivity index (χ0n) is 9.61. The molecular weight excluding hydrogens is 234 g/mol. The van der Waals surface area contributed by atoms with Crippen LogP contribution in [0.2, 0.25) is 5.02 Å². The van der Waals surface area contributed by atoms with Crippen LogP contribution < -0.4 is 10.5 Å². The van der Waals surface area contributed by atoms with Gasteiger partial charge in [-0.1, -0.05) is 35.9 Å². The van der Waals surface area contributed by atoms with Crippen LogP contribution in [0.15, 0.2) is 42.5 Å². The Hall–Kier alpha value is -1.51. The van der Waals surface area contributed by atoms with Gasteiger partial charge in [-0.05, 0) is 30.7 Å². The van der Waals surface area contributed by atoms with Crippen molar-refractivity contribution in [2.75, 3.05) is 0 Å². The molecular formula is C14H14ClNO. The fourth-order valence-electron chi connectivity index (χ4n) is 1.57. The second-order valence-corrected chi connectivity index (χ2v) is 4.25. The van der Waals surface area contributed by atoms with Crippen LogP contribution in [0.3, 0.4) is 0 Å². The molecule has 0 spiro atoms. The van der Waals surface area contributed by atoms with E-state index in [1.165, 1.54) is 0 Å². The van der Waals surface area contributed by atoms with Crippen LogP contribution in [0, 0.1) is 6.92 Å². The van der Waals surface area contributed by atoms with Crippen molar-refractivity contribution in [3.63, 3.8) is 0 Å². The third-order valence-corrected chi connectivity index (χ3v) is 2.81. The van der Waals surface area contributed by atoms with E-state index in [1.54, 1.807) is 6.07 Å². The minimum atomic E-state index is 0.445. The number of hydrogen-bond donors (Lipinski definition) is 1. The lowest BCUT2D eigenvalue weighted by Gasteiger charge is -2.11. The van der Waals surface area contributed by atoms with Crippen molar-refractivity contribution < 1.29 is 4.74 Å². The highest BCUT2D eigenvalue weighted by atomic mass is 35.5. The highest BCUT2D eigenvalue weighted by Gasteiger charge is 2.06. The molecule has 0 radical (unpaired) electrons. The monoisotopic (exact) mass is 247 g/mol. The van der Waals surface area contributed by atoms with Gasteiger partial charge in [0.25, 0.3) is 0 Å². The fourth-order valence-corrected chi connectivity index (χ4v) is 1.75. The van der Waals surface area contributed by atoms with Gasteiger partial charge < -0.3 is 10.5 Å². The van der Waals surface area contributed by atoms with Crippen molar-refractivity contribution in [2.45, 2.75) is 13.5 Å². The smallest absolute Gasteiger partial charge is 0.146 e. The molecule has 2 nitrogen and oxygen atoms in total. The van der Waals surface area contributed by atoms with Crippen molar-refractivity contribution in [2.24, 2.45) is 5.73 Å². The van der Waals surface area contributed by atoms with E-state index in [1.807, 2.05) is 43.3 Å². The van der Waals surface area contributed by atoms with Crippen molar-refractivity contribution in [1.82, 2.24) is 0 Å². The largest absolute Gasteiger partial charge is 0.455 e. The normalized spacial score (nSPS) is 10.3. The van der Waals surface area contributed by atoms with Crippen LogP contribution in [0.5, 0.6) is 11.5 Å². The quantitative estimate of drug-likeness (QED) is 0.893. The van der Waals surface area contributed by atoms with Crippen LogP contribution >= 0.6 is 11.6 Å². The van der Waals surface area contributed by atoms with Crippen molar-refractivity contribution in [1.29, 1.82) is 0 Å². The molecule has 0 saturated heterocycles. The van der Waals surface area contributed by atoms with Crippen molar-refractivity contribution in [3.05, 3.63) is 58.6 Å². The van der Waals surface area contributed by atoms with Crippen LogP contribution in [0.1, 0.15) is 11.1 Å². The summed E-state index contributed by atoms with van der Waals surface area (Å²) in [4.78, 5) is 0. The van der Waals surface area contributed by atoms with Gasteiger partial charge in [0, 0.05) is 12.1 Å². The first-order valence-corrected chi connectivity index (χ1v) is 5.80. The molecule has 0 saturated carbocycles. The molecule has 0 amide bonds. The van der Waals surface area contributed by atoms with Gasteiger partial charge in [-0.2, -0.15) is 0 Å². The lowest BCUT2D eigenvalue weighted by atomic mass is 10.1. The van der Waals surface area contributed by atoms with Gasteiger partial charge in [-0.15, -0.1) is 0 Å². The molecule has 17 heavy (non-hydrogen) atoms. The summed E-state index contributed by atoms with van der Waals surface area (Å²) in [6.45, 7) is 2.46. The van der Waals surface area contributed by atoms with E-state index in [-0.39, 0.29) is 0 Å². The van der Waals surface area contributed by atoms with E-state index in [0.29, 0.717) is 17.3 Å². The molecule has 3 heteroatoms. The second kappa shape index (κ2) is 5.21. The fraction of sp³-hybridized carbons (Fsp3) is 0.143. The molecule has 0 aliphatic carbocycles. The molecule has 2 aromatic rings. The molecule has 0 heterocycles. The van der Waals surface area contributed by atoms with Crippen LogP contribution in [0.25, 0.3) is 0 Å². The van der Waals surface area contributed by atoms with Crippen LogP contribution in [-0.2, 0) is 6.54 Å². The number of nitrogens with two attached hydrogens (primary N) is 1. The van der Waals surface area contributed by atoms with Gasteiger partial charge in [-0.25, -0.2) is 0 Å². The van der Waals surface area contributed by atoms with Gasteiger partial charge in [-0.3, -0.25) is 0 Å². The lowest BCUT2D eigenvalue weighted by molar-refractivity contribution is 0.476. The van der Waals surface area contributed by atoms with Crippen LogP contribution in [0.4, 0.5) is 0 Å². The number of halogens is 1. The third-order valence-electron chi connectivity index (χ3n) is 2.50. The predicted octanol–water partition coefficient (Wildman–Crippen LogP) is 3.90. The van der Waals surface area contributed by atoms with E-state index < -0.39 is 0 Å². The molecule has 0 aliphatic rings. The van der Waals surface area contributed by atoms with Gasteiger partial charge in [0.1, 0.15) is 11.5 Å². The molecule has 2 N–H and O–H groups in total. The number of ether oxygens (including phenoxy) is 1. The molecule has 0 bridgehead atoms. The van der Waals surface area contributed by atoms with Crippen molar-refractivity contribution in [3.8, 4) is 11.5 Å². The summed E-state index contributed by atoms with van der Waals surface area (Å²) >= 11 is 6.05. The maximum Gasteiger partial charge on any atom is 0.146 e. The predicted molar refractivity (Wildman–Crippen MR) is 70.6 cm³/mol. The Morgan fingerprint density at radius 1 is 1.12 bits per heavy atom. The van der Waals surface area contributed by atoms with E-state index in [0.717, 1.165) is 16.9 Å². The topological polar surface area (TPSA) is 35.2 Å². The number of benzene rings is 2. The molecule has 0 atom stereocenters. The summed E-state index contributed by atoms with van der Waals surface area (Å²) < 4.78 is 5.80. The second-order valence-electron chi connectivity index (χ2n) is 3.85. The first kappa shape index (κ1) is 12.0. The molecule has 2 aromatic carbocycles. The van der Waals surface area contributed by atoms with Gasteiger partial charge in [0.05, 0.1) is 5.02 Å². The first-order valence-electron chi connectivity index (χ1n) is 5.42. The van der Waals surface area contributed by atoms with E-state index in [4.69, 9.17) is 22.1 Å². The highest BCUT2D eigenvalue weighted by Crippen LogP contribution is 2.31. The maximum absolute atomic E-state index is 6.05. The number of rotatable bonds is 3. The molecule has 0 unspecified atom stereocenters. The van der Waals surface area contributed by atoms with Crippen molar-refractivity contribution >= 4 is 11.6 Å². The third kappa shape index (κ3) is 2.78. The molecule has 2 rings (SSSR count). The Kier molecular flexibility index (Phi) is 3.67. The average molecular weight is 248 g/mol. The number of aryl methyl sites for hydroxylation is 1. The summed E-state index contributed by atoms with van der Waals surface area (Å²) in [5.74, 6) is 1.41. The average Bonchev–Trinajstić information content (AvgIpc) is 2.32. The Morgan fingerprint density at radius 2 is 1.88 bits per heavy atom. The summed E-state index contributed by atoms with van der Waals surface area (Å²) in [5.41, 5.74) is 7.78. The molecule has 0 aliphatic heterocycles. The van der Waals surface area contributed by atoms with Gasteiger partial charge in [0.2, 0.25) is 0 Å². The Balaban J connectivity index is 2.35. The van der Waals surface area contributed by atoms with Gasteiger partial charge in [0.15, 0.2) is 0 Å². The summed E-state index contributed by atoms with van der Waals surface area (Å²) in [6.07, 6.45) is 0. The first-order chi connectivity index (χ1) is 8.20. The van der Waals surface area contributed by atoms with E-state index in [2.05, 4.69) is 0 Å². The Bertz CT molecular complexity index is 525.